The van der Waals surface area contributed by atoms with E-state index in [1.54, 1.807) is 6.07 Å². The second-order valence-electron chi connectivity index (χ2n) is 2.91. The van der Waals surface area contributed by atoms with Crippen LogP contribution in [0.4, 0.5) is 0 Å². The van der Waals surface area contributed by atoms with Crippen LogP contribution in [-0.4, -0.2) is 18.1 Å². The number of halogens is 1. The molecule has 0 atom stereocenters. The van der Waals surface area contributed by atoms with Crippen molar-refractivity contribution in [1.82, 2.24) is 4.98 Å². The second-order valence-corrected chi connectivity index (χ2v) is 3.30. The fourth-order valence-electron chi connectivity index (χ4n) is 1.17. The number of nitrogens with zero attached hydrogens (tertiary/aromatic N) is 1. The summed E-state index contributed by atoms with van der Waals surface area (Å²) < 4.78 is 4.60. The van der Waals surface area contributed by atoms with Gasteiger partial charge in [-0.1, -0.05) is 24.9 Å². The molecule has 0 spiro atoms. The van der Waals surface area contributed by atoms with Crippen molar-refractivity contribution < 1.29 is 9.53 Å². The van der Waals surface area contributed by atoms with E-state index in [0.717, 1.165) is 18.5 Å². The smallest absolute Gasteiger partial charge is 0.338 e. The van der Waals surface area contributed by atoms with Gasteiger partial charge in [-0.15, -0.1) is 0 Å². The van der Waals surface area contributed by atoms with E-state index in [1.165, 1.54) is 13.2 Å². The average Bonchev–Trinajstić information content (AvgIpc) is 2.16. The fraction of sp³-hybridized carbons (Fsp3) is 0.400. The summed E-state index contributed by atoms with van der Waals surface area (Å²) in [5.41, 5.74) is 1.27. The highest BCUT2D eigenvalue weighted by molar-refractivity contribution is 6.29. The Morgan fingerprint density at radius 1 is 1.57 bits per heavy atom. The fourth-order valence-corrected chi connectivity index (χ4v) is 1.40. The minimum Gasteiger partial charge on any atom is -0.465 e. The third-order valence-corrected chi connectivity index (χ3v) is 1.97. The number of carbonyl (C=O) groups excluding carboxylic acids is 1. The van der Waals surface area contributed by atoms with Gasteiger partial charge in [0, 0.05) is 5.69 Å². The maximum Gasteiger partial charge on any atom is 0.338 e. The van der Waals surface area contributed by atoms with E-state index in [2.05, 4.69) is 9.72 Å². The highest BCUT2D eigenvalue weighted by Gasteiger charge is 2.08. The van der Waals surface area contributed by atoms with E-state index in [-0.39, 0.29) is 5.97 Å². The van der Waals surface area contributed by atoms with Crippen LogP contribution >= 0.6 is 11.6 Å². The molecule has 76 valence electrons. The minimum atomic E-state index is -0.383. The van der Waals surface area contributed by atoms with Crippen molar-refractivity contribution in [3.63, 3.8) is 0 Å². The van der Waals surface area contributed by atoms with Crippen molar-refractivity contribution >= 4 is 17.6 Å². The van der Waals surface area contributed by atoms with Gasteiger partial charge in [0.2, 0.25) is 0 Å². The summed E-state index contributed by atoms with van der Waals surface area (Å²) in [6, 6.07) is 3.22. The van der Waals surface area contributed by atoms with Crippen LogP contribution in [0.3, 0.4) is 0 Å². The van der Waals surface area contributed by atoms with Gasteiger partial charge < -0.3 is 4.74 Å². The summed E-state index contributed by atoms with van der Waals surface area (Å²) in [5.74, 6) is -0.383. The van der Waals surface area contributed by atoms with Crippen molar-refractivity contribution in [2.45, 2.75) is 19.8 Å². The Morgan fingerprint density at radius 3 is 2.86 bits per heavy atom. The van der Waals surface area contributed by atoms with Crippen LogP contribution in [-0.2, 0) is 11.2 Å². The van der Waals surface area contributed by atoms with Gasteiger partial charge in [0.25, 0.3) is 0 Å². The molecular weight excluding hydrogens is 202 g/mol. The normalized spacial score (nSPS) is 9.93. The summed E-state index contributed by atoms with van der Waals surface area (Å²) in [6.45, 7) is 2.04. The van der Waals surface area contributed by atoms with E-state index in [1.807, 2.05) is 6.92 Å². The summed E-state index contributed by atoms with van der Waals surface area (Å²) in [4.78, 5) is 15.3. The van der Waals surface area contributed by atoms with Gasteiger partial charge in [-0.3, -0.25) is 0 Å². The molecule has 3 nitrogen and oxygen atoms in total. The SMILES string of the molecule is CCCc1cc(C(=O)OC)cc(Cl)n1. The highest BCUT2D eigenvalue weighted by atomic mass is 35.5. The van der Waals surface area contributed by atoms with Gasteiger partial charge in [0.15, 0.2) is 0 Å². The minimum absolute atomic E-state index is 0.330. The topological polar surface area (TPSA) is 39.2 Å². The van der Waals surface area contributed by atoms with Gasteiger partial charge in [0.05, 0.1) is 12.7 Å². The van der Waals surface area contributed by atoms with Gasteiger partial charge in [-0.05, 0) is 18.6 Å². The van der Waals surface area contributed by atoms with Crippen LogP contribution in [0.2, 0.25) is 5.15 Å². The first-order chi connectivity index (χ1) is 6.67. The standard InChI is InChI=1S/C10H12ClNO2/c1-3-4-8-5-7(10(13)14-2)6-9(11)12-8/h5-6H,3-4H2,1-2H3. The van der Waals surface area contributed by atoms with E-state index in [9.17, 15) is 4.79 Å². The number of carbonyl (C=O) groups is 1. The molecule has 1 aromatic heterocycles. The van der Waals surface area contributed by atoms with Crippen LogP contribution in [0.15, 0.2) is 12.1 Å². The Morgan fingerprint density at radius 2 is 2.29 bits per heavy atom. The lowest BCUT2D eigenvalue weighted by molar-refractivity contribution is 0.0600. The van der Waals surface area contributed by atoms with Crippen LogP contribution in [0.25, 0.3) is 0 Å². The van der Waals surface area contributed by atoms with Crippen molar-refractivity contribution in [2.75, 3.05) is 7.11 Å². The molecule has 0 N–H and O–H groups in total. The zero-order chi connectivity index (χ0) is 10.6. The molecule has 0 aliphatic rings. The predicted molar refractivity (Wildman–Crippen MR) is 54.6 cm³/mol. The van der Waals surface area contributed by atoms with Crippen LogP contribution < -0.4 is 0 Å². The molecule has 0 radical (unpaired) electrons. The van der Waals surface area contributed by atoms with Gasteiger partial charge in [-0.25, -0.2) is 9.78 Å². The molecule has 0 amide bonds. The molecular formula is C10H12ClNO2. The average molecular weight is 214 g/mol. The quantitative estimate of drug-likeness (QED) is 0.572. The van der Waals surface area contributed by atoms with E-state index in [0.29, 0.717) is 10.7 Å². The van der Waals surface area contributed by atoms with Crippen LogP contribution in [0.5, 0.6) is 0 Å². The summed E-state index contributed by atoms with van der Waals surface area (Å²) in [5, 5.41) is 0.330. The molecule has 0 saturated heterocycles. The molecule has 14 heavy (non-hydrogen) atoms. The number of aryl methyl sites for hydroxylation is 1. The number of hydrogen-bond donors (Lipinski definition) is 0. The summed E-state index contributed by atoms with van der Waals surface area (Å²) >= 11 is 5.77. The molecule has 1 aromatic rings. The Hall–Kier alpha value is -1.09. The Labute approximate surface area is 88.1 Å². The van der Waals surface area contributed by atoms with Crippen molar-refractivity contribution in [3.05, 3.63) is 28.5 Å². The Bertz CT molecular complexity index is 339. The number of ether oxygens (including phenoxy) is 1. The molecule has 0 aliphatic carbocycles. The lowest BCUT2D eigenvalue weighted by Crippen LogP contribution is -2.03. The maximum atomic E-state index is 11.2. The first-order valence-electron chi connectivity index (χ1n) is 4.42. The van der Waals surface area contributed by atoms with Crippen molar-refractivity contribution in [3.8, 4) is 0 Å². The molecule has 0 fully saturated rings. The van der Waals surface area contributed by atoms with Crippen LogP contribution in [0.1, 0.15) is 29.4 Å². The molecule has 0 unspecified atom stereocenters. The second kappa shape index (κ2) is 4.96. The largest absolute Gasteiger partial charge is 0.465 e. The maximum absolute atomic E-state index is 11.2. The van der Waals surface area contributed by atoms with Gasteiger partial charge in [0.1, 0.15) is 5.15 Å². The zero-order valence-electron chi connectivity index (χ0n) is 8.21. The molecule has 1 rings (SSSR count). The molecule has 0 aliphatic heterocycles. The monoisotopic (exact) mass is 213 g/mol. The first kappa shape index (κ1) is 11.0. The van der Waals surface area contributed by atoms with E-state index in [4.69, 9.17) is 11.6 Å². The highest BCUT2D eigenvalue weighted by Crippen LogP contribution is 2.13. The zero-order valence-corrected chi connectivity index (χ0v) is 8.97. The number of esters is 1. The molecule has 4 heteroatoms. The van der Waals surface area contributed by atoms with Crippen molar-refractivity contribution in [2.24, 2.45) is 0 Å². The van der Waals surface area contributed by atoms with E-state index < -0.39 is 0 Å². The Balaban J connectivity index is 3.00. The molecule has 0 aromatic carbocycles. The number of rotatable bonds is 3. The molecule has 0 bridgehead atoms. The lowest BCUT2D eigenvalue weighted by Gasteiger charge is -2.03. The van der Waals surface area contributed by atoms with Crippen LogP contribution in [0, 0.1) is 0 Å². The molecule has 0 saturated carbocycles. The number of methoxy groups -OCH3 is 1. The first-order valence-corrected chi connectivity index (χ1v) is 4.80. The van der Waals surface area contributed by atoms with E-state index >= 15 is 0 Å². The predicted octanol–water partition coefficient (Wildman–Crippen LogP) is 2.47. The summed E-state index contributed by atoms with van der Waals surface area (Å²) in [6.07, 6.45) is 1.78. The molecule has 1 heterocycles. The van der Waals surface area contributed by atoms with Gasteiger partial charge in [-0.2, -0.15) is 0 Å². The third-order valence-electron chi connectivity index (χ3n) is 1.77. The van der Waals surface area contributed by atoms with Gasteiger partial charge >= 0.3 is 5.97 Å². The number of aromatic nitrogens is 1. The third kappa shape index (κ3) is 2.70. The Kier molecular flexibility index (Phi) is 3.89. The lowest BCUT2D eigenvalue weighted by atomic mass is 10.2. The van der Waals surface area contributed by atoms with Crippen molar-refractivity contribution in [1.29, 1.82) is 0 Å². The number of hydrogen-bond acceptors (Lipinski definition) is 3. The number of pyridine rings is 1. The summed E-state index contributed by atoms with van der Waals surface area (Å²) in [7, 11) is 1.34.